The number of methoxy groups -OCH3 is 1. The maximum atomic E-state index is 12.1. The Balaban J connectivity index is 1.71. The molecule has 132 valence electrons. The Morgan fingerprint density at radius 1 is 1.15 bits per heavy atom. The summed E-state index contributed by atoms with van der Waals surface area (Å²) in [7, 11) is 3.51. The number of fused-ring (bicyclic) bond motifs is 1. The van der Waals surface area contributed by atoms with Crippen LogP contribution < -0.4 is 14.8 Å². The van der Waals surface area contributed by atoms with E-state index in [0.717, 1.165) is 33.9 Å². The van der Waals surface area contributed by atoms with Gasteiger partial charge in [0.2, 0.25) is 0 Å². The Morgan fingerprint density at radius 3 is 2.65 bits per heavy atom. The van der Waals surface area contributed by atoms with Gasteiger partial charge in [0.05, 0.1) is 12.8 Å². The van der Waals surface area contributed by atoms with Gasteiger partial charge in [-0.2, -0.15) is 5.10 Å². The Labute approximate surface area is 151 Å². The molecular formula is C20H19N3O3. The standard InChI is InChI=1S/C20H19N3O3/c1-23-8-7-15(22-23)12-26-19-9-14-11-21-20(24)18(14)10-17(19)13-3-5-16(25-2)6-4-13/h3-10H,11-12H2,1-2H3,(H,21,24). The molecule has 0 unspecified atom stereocenters. The molecule has 2 heterocycles. The van der Waals surface area contributed by atoms with E-state index in [1.165, 1.54) is 0 Å². The SMILES string of the molecule is COc1ccc(-c2cc3c(cc2OCc2ccn(C)n2)CNC3=O)cc1. The van der Waals surface area contributed by atoms with E-state index < -0.39 is 0 Å². The highest BCUT2D eigenvalue weighted by Gasteiger charge is 2.22. The number of ether oxygens (including phenoxy) is 2. The lowest BCUT2D eigenvalue weighted by atomic mass is 9.99. The smallest absolute Gasteiger partial charge is 0.251 e. The van der Waals surface area contributed by atoms with Crippen LogP contribution in [0.15, 0.2) is 48.7 Å². The van der Waals surface area contributed by atoms with Crippen molar-refractivity contribution >= 4 is 5.91 Å². The maximum Gasteiger partial charge on any atom is 0.251 e. The molecule has 2 aromatic carbocycles. The van der Waals surface area contributed by atoms with Gasteiger partial charge in [0.25, 0.3) is 5.91 Å². The summed E-state index contributed by atoms with van der Waals surface area (Å²) in [5, 5.41) is 7.20. The minimum Gasteiger partial charge on any atom is -0.497 e. The number of aryl methyl sites for hydroxylation is 1. The van der Waals surface area contributed by atoms with Gasteiger partial charge in [0.15, 0.2) is 0 Å². The van der Waals surface area contributed by atoms with Crippen LogP contribution in [0.25, 0.3) is 11.1 Å². The van der Waals surface area contributed by atoms with Crippen LogP contribution in [-0.2, 0) is 20.2 Å². The number of amides is 1. The summed E-state index contributed by atoms with van der Waals surface area (Å²) in [5.41, 5.74) is 4.33. The molecule has 0 spiro atoms. The zero-order chi connectivity index (χ0) is 18.1. The number of nitrogens with one attached hydrogen (secondary N) is 1. The predicted molar refractivity (Wildman–Crippen MR) is 97.1 cm³/mol. The zero-order valence-corrected chi connectivity index (χ0v) is 14.7. The molecule has 0 saturated heterocycles. The molecule has 6 heteroatoms. The lowest BCUT2D eigenvalue weighted by Crippen LogP contribution is -2.12. The molecule has 0 saturated carbocycles. The first kappa shape index (κ1) is 16.2. The number of benzene rings is 2. The second kappa shape index (κ2) is 6.55. The maximum absolute atomic E-state index is 12.1. The first-order chi connectivity index (χ1) is 12.6. The number of rotatable bonds is 5. The fourth-order valence-corrected chi connectivity index (χ4v) is 3.06. The van der Waals surface area contributed by atoms with E-state index in [9.17, 15) is 4.79 Å². The molecule has 0 radical (unpaired) electrons. The van der Waals surface area contributed by atoms with Crippen LogP contribution in [0.4, 0.5) is 0 Å². The second-order valence-electron chi connectivity index (χ2n) is 6.19. The lowest BCUT2D eigenvalue weighted by Gasteiger charge is -2.13. The molecule has 4 rings (SSSR count). The highest BCUT2D eigenvalue weighted by Crippen LogP contribution is 2.35. The Bertz CT molecular complexity index is 961. The van der Waals surface area contributed by atoms with Gasteiger partial charge in [0, 0.05) is 30.9 Å². The van der Waals surface area contributed by atoms with Crippen molar-refractivity contribution in [3.63, 3.8) is 0 Å². The van der Waals surface area contributed by atoms with Crippen LogP contribution in [0.1, 0.15) is 21.6 Å². The van der Waals surface area contributed by atoms with E-state index in [1.54, 1.807) is 11.8 Å². The van der Waals surface area contributed by atoms with Gasteiger partial charge in [-0.3, -0.25) is 9.48 Å². The van der Waals surface area contributed by atoms with Gasteiger partial charge in [-0.1, -0.05) is 12.1 Å². The van der Waals surface area contributed by atoms with Gasteiger partial charge >= 0.3 is 0 Å². The first-order valence-electron chi connectivity index (χ1n) is 8.35. The van der Waals surface area contributed by atoms with Crippen LogP contribution >= 0.6 is 0 Å². The van der Waals surface area contributed by atoms with Crippen molar-refractivity contribution in [3.8, 4) is 22.6 Å². The molecule has 0 bridgehead atoms. The Kier molecular flexibility index (Phi) is 4.08. The summed E-state index contributed by atoms with van der Waals surface area (Å²) in [6.45, 7) is 0.890. The van der Waals surface area contributed by atoms with Gasteiger partial charge in [-0.05, 0) is 41.5 Å². The minimum absolute atomic E-state index is 0.0500. The van der Waals surface area contributed by atoms with E-state index >= 15 is 0 Å². The number of carbonyl (C=O) groups excluding carboxylic acids is 1. The number of hydrogen-bond acceptors (Lipinski definition) is 4. The molecule has 26 heavy (non-hydrogen) atoms. The highest BCUT2D eigenvalue weighted by molar-refractivity contribution is 6.00. The number of aromatic nitrogens is 2. The van der Waals surface area contributed by atoms with Gasteiger partial charge in [-0.25, -0.2) is 0 Å². The molecule has 0 fully saturated rings. The molecule has 1 amide bonds. The Hall–Kier alpha value is -3.28. The zero-order valence-electron chi connectivity index (χ0n) is 14.7. The number of nitrogens with zero attached hydrogens (tertiary/aromatic N) is 2. The molecule has 1 aliphatic heterocycles. The van der Waals surface area contributed by atoms with Gasteiger partial charge < -0.3 is 14.8 Å². The third-order valence-electron chi connectivity index (χ3n) is 4.43. The van der Waals surface area contributed by atoms with E-state index in [-0.39, 0.29) is 5.91 Å². The molecule has 1 N–H and O–H groups in total. The first-order valence-corrected chi connectivity index (χ1v) is 8.35. The molecule has 6 nitrogen and oxygen atoms in total. The molecule has 1 aromatic heterocycles. The summed E-state index contributed by atoms with van der Waals surface area (Å²) >= 11 is 0. The average molecular weight is 349 g/mol. The summed E-state index contributed by atoms with van der Waals surface area (Å²) < 4.78 is 13.0. The average Bonchev–Trinajstić information content (AvgIpc) is 3.25. The Morgan fingerprint density at radius 2 is 1.96 bits per heavy atom. The van der Waals surface area contributed by atoms with E-state index in [2.05, 4.69) is 10.4 Å². The quantitative estimate of drug-likeness (QED) is 0.769. The van der Waals surface area contributed by atoms with Crippen LogP contribution in [0, 0.1) is 0 Å². The number of carbonyl (C=O) groups is 1. The highest BCUT2D eigenvalue weighted by atomic mass is 16.5. The van der Waals surface area contributed by atoms with Crippen molar-refractivity contribution in [2.45, 2.75) is 13.2 Å². The summed E-state index contributed by atoms with van der Waals surface area (Å²) in [4.78, 5) is 12.1. The van der Waals surface area contributed by atoms with Gasteiger partial charge in [-0.15, -0.1) is 0 Å². The normalized spacial score (nSPS) is 12.6. The van der Waals surface area contributed by atoms with Crippen LogP contribution in [0.2, 0.25) is 0 Å². The summed E-state index contributed by atoms with van der Waals surface area (Å²) in [5.74, 6) is 1.46. The molecule has 3 aromatic rings. The van der Waals surface area contributed by atoms with Crippen molar-refractivity contribution < 1.29 is 14.3 Å². The molecule has 0 atom stereocenters. The topological polar surface area (TPSA) is 65.4 Å². The van der Waals surface area contributed by atoms with E-state index in [4.69, 9.17) is 9.47 Å². The van der Waals surface area contributed by atoms with Gasteiger partial charge in [0.1, 0.15) is 18.1 Å². The summed E-state index contributed by atoms with van der Waals surface area (Å²) in [6.07, 6.45) is 1.88. The van der Waals surface area contributed by atoms with Crippen molar-refractivity contribution in [2.75, 3.05) is 7.11 Å². The minimum atomic E-state index is -0.0500. The summed E-state index contributed by atoms with van der Waals surface area (Å²) in [6, 6.07) is 13.5. The van der Waals surface area contributed by atoms with Crippen molar-refractivity contribution in [2.24, 2.45) is 7.05 Å². The largest absolute Gasteiger partial charge is 0.497 e. The third-order valence-corrected chi connectivity index (χ3v) is 4.43. The van der Waals surface area contributed by atoms with Crippen LogP contribution in [0.5, 0.6) is 11.5 Å². The monoisotopic (exact) mass is 349 g/mol. The third kappa shape index (κ3) is 3.01. The van der Waals surface area contributed by atoms with Crippen molar-refractivity contribution in [1.82, 2.24) is 15.1 Å². The second-order valence-corrected chi connectivity index (χ2v) is 6.19. The molecule has 1 aliphatic rings. The predicted octanol–water partition coefficient (Wildman–Crippen LogP) is 2.92. The lowest BCUT2D eigenvalue weighted by molar-refractivity contribution is 0.0966. The van der Waals surface area contributed by atoms with E-state index in [1.807, 2.05) is 55.7 Å². The van der Waals surface area contributed by atoms with Crippen molar-refractivity contribution in [1.29, 1.82) is 0 Å². The molecule has 0 aliphatic carbocycles. The van der Waals surface area contributed by atoms with Crippen LogP contribution in [0.3, 0.4) is 0 Å². The van der Waals surface area contributed by atoms with Crippen LogP contribution in [-0.4, -0.2) is 22.8 Å². The fraction of sp³-hybridized carbons (Fsp3) is 0.200. The number of hydrogen-bond donors (Lipinski definition) is 1. The van der Waals surface area contributed by atoms with Crippen molar-refractivity contribution in [3.05, 3.63) is 65.5 Å². The van der Waals surface area contributed by atoms with E-state index in [0.29, 0.717) is 18.7 Å². The fourth-order valence-electron chi connectivity index (χ4n) is 3.06. The molecular weight excluding hydrogens is 330 g/mol.